The van der Waals surface area contributed by atoms with Crippen molar-refractivity contribution in [2.75, 3.05) is 7.11 Å². The molecule has 0 aliphatic heterocycles. The lowest BCUT2D eigenvalue weighted by molar-refractivity contribution is 0.299. The summed E-state index contributed by atoms with van der Waals surface area (Å²) in [5.74, 6) is 3.18. The summed E-state index contributed by atoms with van der Waals surface area (Å²) in [7, 11) is 1.69. The summed E-state index contributed by atoms with van der Waals surface area (Å²) in [5.41, 5.74) is 4.04. The van der Waals surface area contributed by atoms with E-state index in [1.807, 2.05) is 49.6 Å². The minimum Gasteiger partial charge on any atom is -0.496 e. The van der Waals surface area contributed by atoms with Crippen molar-refractivity contribution in [1.29, 1.82) is 0 Å². The third-order valence-corrected chi connectivity index (χ3v) is 5.66. The molecule has 0 radical (unpaired) electrons. The van der Waals surface area contributed by atoms with Gasteiger partial charge in [0, 0.05) is 23.7 Å². The van der Waals surface area contributed by atoms with E-state index < -0.39 is 0 Å². The molecule has 3 aromatic rings. The molecule has 1 fully saturated rings. The Morgan fingerprint density at radius 2 is 1.83 bits per heavy atom. The van der Waals surface area contributed by atoms with Crippen LogP contribution in [0.25, 0.3) is 11.3 Å². The molecule has 1 aliphatic rings. The van der Waals surface area contributed by atoms with E-state index in [0.717, 1.165) is 39.8 Å². The van der Waals surface area contributed by atoms with E-state index in [1.54, 1.807) is 7.11 Å². The quantitative estimate of drug-likeness (QED) is 0.539. The molecule has 0 saturated heterocycles. The number of rotatable bonds is 6. The first-order valence-corrected chi connectivity index (χ1v) is 10.5. The van der Waals surface area contributed by atoms with E-state index in [-0.39, 0.29) is 0 Å². The number of nitrogens with one attached hydrogen (secondary N) is 1. The van der Waals surface area contributed by atoms with E-state index in [2.05, 4.69) is 15.0 Å². The average Bonchev–Trinajstić information content (AvgIpc) is 3.08. The summed E-state index contributed by atoms with van der Waals surface area (Å²) >= 11 is 0. The van der Waals surface area contributed by atoms with Gasteiger partial charge >= 0.3 is 0 Å². The molecule has 0 bridgehead atoms. The molecule has 0 unspecified atom stereocenters. The van der Waals surface area contributed by atoms with Crippen molar-refractivity contribution in [3.63, 3.8) is 0 Å². The number of aryl methyl sites for hydroxylation is 1. The second-order valence-corrected chi connectivity index (χ2v) is 7.85. The van der Waals surface area contributed by atoms with Crippen molar-refractivity contribution in [1.82, 2.24) is 15.0 Å². The molecule has 4 rings (SSSR count). The van der Waals surface area contributed by atoms with Crippen LogP contribution in [-0.2, 0) is 6.61 Å². The minimum atomic E-state index is 0.429. The molecule has 2 heterocycles. The Bertz CT molecular complexity index is 926. The van der Waals surface area contributed by atoms with Gasteiger partial charge in [0.15, 0.2) is 0 Å². The van der Waals surface area contributed by atoms with Crippen LogP contribution in [0.1, 0.15) is 61.5 Å². The van der Waals surface area contributed by atoms with Crippen LogP contribution in [0.15, 0.2) is 42.7 Å². The smallest absolute Gasteiger partial charge is 0.131 e. The number of hydrogen-bond donors (Lipinski definition) is 1. The summed E-state index contributed by atoms with van der Waals surface area (Å²) in [6, 6.07) is 9.95. The van der Waals surface area contributed by atoms with Crippen LogP contribution < -0.4 is 9.47 Å². The van der Waals surface area contributed by atoms with Crippen LogP contribution in [0.4, 0.5) is 0 Å². The van der Waals surface area contributed by atoms with Gasteiger partial charge in [0.2, 0.25) is 0 Å². The SMILES string of the molecule is COc1cc(OCc2ccc(C)cn2)ccc1-c1cnc(C2CCCCCC2)[nH]1. The zero-order valence-corrected chi connectivity index (χ0v) is 17.3. The third kappa shape index (κ3) is 4.78. The highest BCUT2D eigenvalue weighted by atomic mass is 16.5. The maximum absolute atomic E-state index is 5.91. The molecule has 0 spiro atoms. The number of ether oxygens (including phenoxy) is 2. The van der Waals surface area contributed by atoms with Gasteiger partial charge in [-0.25, -0.2) is 4.98 Å². The van der Waals surface area contributed by atoms with Gasteiger partial charge in [-0.1, -0.05) is 31.7 Å². The van der Waals surface area contributed by atoms with Gasteiger partial charge in [-0.2, -0.15) is 0 Å². The third-order valence-electron chi connectivity index (χ3n) is 5.66. The number of pyridine rings is 1. The molecule has 2 aromatic heterocycles. The van der Waals surface area contributed by atoms with Crippen molar-refractivity contribution in [2.45, 2.75) is 58.0 Å². The number of hydrogen-bond acceptors (Lipinski definition) is 4. The molecule has 1 saturated carbocycles. The number of methoxy groups -OCH3 is 1. The molecule has 29 heavy (non-hydrogen) atoms. The first-order chi connectivity index (χ1) is 14.2. The summed E-state index contributed by atoms with van der Waals surface area (Å²) in [6.45, 7) is 2.45. The first kappa shape index (κ1) is 19.5. The number of benzene rings is 1. The Labute approximate surface area is 172 Å². The molecular formula is C24H29N3O2. The summed E-state index contributed by atoms with van der Waals surface area (Å²) in [6.07, 6.45) is 11.5. The van der Waals surface area contributed by atoms with Crippen molar-refractivity contribution < 1.29 is 9.47 Å². The molecule has 1 aromatic carbocycles. The van der Waals surface area contributed by atoms with E-state index in [1.165, 1.54) is 38.5 Å². The Morgan fingerprint density at radius 1 is 1.00 bits per heavy atom. The Balaban J connectivity index is 1.48. The van der Waals surface area contributed by atoms with Gasteiger partial charge in [-0.05, 0) is 43.5 Å². The Hall–Kier alpha value is -2.82. The van der Waals surface area contributed by atoms with Crippen LogP contribution >= 0.6 is 0 Å². The van der Waals surface area contributed by atoms with Gasteiger partial charge in [-0.3, -0.25) is 4.98 Å². The number of H-pyrrole nitrogens is 1. The normalized spacial score (nSPS) is 15.1. The predicted molar refractivity (Wildman–Crippen MR) is 114 cm³/mol. The number of nitrogens with zero attached hydrogens (tertiary/aromatic N) is 2. The lowest BCUT2D eigenvalue weighted by atomic mass is 10.00. The lowest BCUT2D eigenvalue weighted by Gasteiger charge is -2.12. The van der Waals surface area contributed by atoms with Gasteiger partial charge < -0.3 is 14.5 Å². The second-order valence-electron chi connectivity index (χ2n) is 7.85. The van der Waals surface area contributed by atoms with Gasteiger partial charge in [0.1, 0.15) is 23.9 Å². The highest BCUT2D eigenvalue weighted by Crippen LogP contribution is 2.35. The summed E-state index contributed by atoms with van der Waals surface area (Å²) in [4.78, 5) is 12.6. The monoisotopic (exact) mass is 391 g/mol. The van der Waals surface area contributed by atoms with Crippen molar-refractivity contribution >= 4 is 0 Å². The lowest BCUT2D eigenvalue weighted by Crippen LogP contribution is -2.00. The predicted octanol–water partition coefficient (Wildman–Crippen LogP) is 5.81. The minimum absolute atomic E-state index is 0.429. The fourth-order valence-electron chi connectivity index (χ4n) is 3.96. The van der Waals surface area contributed by atoms with Crippen LogP contribution in [-0.4, -0.2) is 22.1 Å². The number of aromatic amines is 1. The number of aromatic nitrogens is 3. The molecule has 1 N–H and O–H groups in total. The van der Waals surface area contributed by atoms with Gasteiger partial charge in [-0.15, -0.1) is 0 Å². The largest absolute Gasteiger partial charge is 0.496 e. The molecule has 1 aliphatic carbocycles. The summed E-state index contributed by atoms with van der Waals surface area (Å²) < 4.78 is 11.6. The van der Waals surface area contributed by atoms with E-state index in [0.29, 0.717) is 12.5 Å². The number of imidazole rings is 1. The van der Waals surface area contributed by atoms with Crippen LogP contribution in [0.5, 0.6) is 11.5 Å². The van der Waals surface area contributed by atoms with E-state index >= 15 is 0 Å². The fourth-order valence-corrected chi connectivity index (χ4v) is 3.96. The Morgan fingerprint density at radius 3 is 2.55 bits per heavy atom. The molecule has 0 amide bonds. The van der Waals surface area contributed by atoms with Crippen LogP contribution in [0.3, 0.4) is 0 Å². The first-order valence-electron chi connectivity index (χ1n) is 10.5. The van der Waals surface area contributed by atoms with E-state index in [9.17, 15) is 0 Å². The zero-order valence-electron chi connectivity index (χ0n) is 17.3. The molecule has 0 atom stereocenters. The fraction of sp³-hybridized carbons (Fsp3) is 0.417. The van der Waals surface area contributed by atoms with Gasteiger partial charge in [0.25, 0.3) is 0 Å². The van der Waals surface area contributed by atoms with E-state index in [4.69, 9.17) is 9.47 Å². The van der Waals surface area contributed by atoms with Crippen LogP contribution in [0, 0.1) is 6.92 Å². The summed E-state index contributed by atoms with van der Waals surface area (Å²) in [5, 5.41) is 0. The standard InChI is InChI=1S/C24H29N3O2/c1-17-9-10-19(25-14-17)16-29-20-11-12-21(23(13-20)28-2)22-15-26-24(27-22)18-7-5-3-4-6-8-18/h9-15,18H,3-8,16H2,1-2H3,(H,26,27). The van der Waals surface area contributed by atoms with Crippen molar-refractivity contribution in [3.8, 4) is 22.8 Å². The highest BCUT2D eigenvalue weighted by molar-refractivity contribution is 5.68. The molecule has 152 valence electrons. The molecular weight excluding hydrogens is 362 g/mol. The maximum atomic E-state index is 5.91. The highest BCUT2D eigenvalue weighted by Gasteiger charge is 2.18. The maximum Gasteiger partial charge on any atom is 0.131 e. The second kappa shape index (κ2) is 9.12. The molecule has 5 nitrogen and oxygen atoms in total. The van der Waals surface area contributed by atoms with Crippen molar-refractivity contribution in [2.24, 2.45) is 0 Å². The zero-order chi connectivity index (χ0) is 20.1. The van der Waals surface area contributed by atoms with Gasteiger partial charge in [0.05, 0.1) is 24.7 Å². The molecule has 5 heteroatoms. The Kier molecular flexibility index (Phi) is 6.13. The average molecular weight is 392 g/mol. The van der Waals surface area contributed by atoms with Crippen molar-refractivity contribution in [3.05, 3.63) is 59.8 Å². The topological polar surface area (TPSA) is 60.0 Å². The van der Waals surface area contributed by atoms with Crippen LogP contribution in [0.2, 0.25) is 0 Å².